The molecule has 0 spiro atoms. The molecule has 2 saturated heterocycles. The summed E-state index contributed by atoms with van der Waals surface area (Å²) in [5, 5.41) is 4.29. The van der Waals surface area contributed by atoms with Gasteiger partial charge in [0.05, 0.1) is 6.33 Å². The van der Waals surface area contributed by atoms with Crippen LogP contribution in [0.2, 0.25) is 5.02 Å². The molecule has 4 aromatic rings. The van der Waals surface area contributed by atoms with E-state index >= 15 is 0 Å². The van der Waals surface area contributed by atoms with Gasteiger partial charge in [-0.15, -0.1) is 0 Å². The fourth-order valence-electron chi connectivity index (χ4n) is 5.53. The molecule has 6 nitrogen and oxygen atoms in total. The first kappa shape index (κ1) is 21.7. The lowest BCUT2D eigenvalue weighted by molar-refractivity contribution is -0.0298. The van der Waals surface area contributed by atoms with E-state index in [1.165, 1.54) is 11.1 Å². The lowest BCUT2D eigenvalue weighted by atomic mass is 9.68. The van der Waals surface area contributed by atoms with E-state index in [1.807, 2.05) is 18.5 Å². The van der Waals surface area contributed by atoms with Gasteiger partial charge in [-0.3, -0.25) is 4.57 Å². The first-order chi connectivity index (χ1) is 16.7. The van der Waals surface area contributed by atoms with E-state index in [0.717, 1.165) is 79.2 Å². The normalized spacial score (nSPS) is 20.4. The van der Waals surface area contributed by atoms with E-state index in [0.29, 0.717) is 0 Å². The highest BCUT2D eigenvalue weighted by molar-refractivity contribution is 6.30. The molecule has 174 valence electrons. The Morgan fingerprint density at radius 2 is 1.65 bits per heavy atom. The van der Waals surface area contributed by atoms with Gasteiger partial charge < -0.3 is 10.1 Å². The van der Waals surface area contributed by atoms with Crippen molar-refractivity contribution in [1.29, 1.82) is 0 Å². The van der Waals surface area contributed by atoms with Crippen molar-refractivity contribution in [2.75, 3.05) is 19.7 Å². The summed E-state index contributed by atoms with van der Waals surface area (Å²) in [7, 11) is 0. The van der Waals surface area contributed by atoms with Crippen LogP contribution in [-0.4, -0.2) is 39.2 Å². The molecule has 2 fully saturated rings. The summed E-state index contributed by atoms with van der Waals surface area (Å²) < 4.78 is 8.02. The molecule has 0 bridgehead atoms. The summed E-state index contributed by atoms with van der Waals surface area (Å²) in [6.45, 7) is 2.78. The Kier molecular flexibility index (Phi) is 5.81. The molecule has 0 radical (unpaired) electrons. The Morgan fingerprint density at radius 1 is 0.912 bits per heavy atom. The van der Waals surface area contributed by atoms with Crippen LogP contribution >= 0.6 is 11.6 Å². The van der Waals surface area contributed by atoms with Gasteiger partial charge in [0.25, 0.3) is 0 Å². The third-order valence-corrected chi connectivity index (χ3v) is 7.64. The van der Waals surface area contributed by atoms with E-state index in [2.05, 4.69) is 61.2 Å². The molecule has 2 aromatic heterocycles. The monoisotopic (exact) mass is 473 g/mol. The number of nitrogens with one attached hydrogen (secondary N) is 1. The Labute approximate surface area is 204 Å². The first-order valence-electron chi connectivity index (χ1n) is 12.1. The molecule has 2 aromatic carbocycles. The first-order valence-corrected chi connectivity index (χ1v) is 12.5. The van der Waals surface area contributed by atoms with E-state index in [-0.39, 0.29) is 11.6 Å². The van der Waals surface area contributed by atoms with Gasteiger partial charge in [-0.2, -0.15) is 0 Å². The number of hydrogen-bond donors (Lipinski definition) is 1. The molecule has 2 aliphatic rings. The van der Waals surface area contributed by atoms with Crippen molar-refractivity contribution in [1.82, 2.24) is 24.8 Å². The number of rotatable bonds is 4. The second-order valence-electron chi connectivity index (χ2n) is 9.28. The maximum atomic E-state index is 6.19. The van der Waals surface area contributed by atoms with E-state index in [4.69, 9.17) is 16.3 Å². The average molecular weight is 474 g/mol. The molecule has 0 amide bonds. The van der Waals surface area contributed by atoms with Crippen LogP contribution in [0.25, 0.3) is 22.4 Å². The molecule has 34 heavy (non-hydrogen) atoms. The molecule has 1 atom stereocenters. The Balaban J connectivity index is 1.37. The van der Waals surface area contributed by atoms with E-state index < -0.39 is 0 Å². The minimum absolute atomic E-state index is 0.00280. The summed E-state index contributed by atoms with van der Waals surface area (Å²) in [5.74, 6) is 0. The zero-order chi connectivity index (χ0) is 23.0. The fourth-order valence-corrected chi connectivity index (χ4v) is 5.66. The van der Waals surface area contributed by atoms with E-state index in [1.54, 1.807) is 6.33 Å². The lowest BCUT2D eigenvalue weighted by Gasteiger charge is -2.39. The lowest BCUT2D eigenvalue weighted by Crippen LogP contribution is -2.40. The zero-order valence-electron chi connectivity index (χ0n) is 19.1. The van der Waals surface area contributed by atoms with Crippen molar-refractivity contribution < 1.29 is 4.74 Å². The molecule has 2 aliphatic heterocycles. The summed E-state index contributed by atoms with van der Waals surface area (Å²) in [6.07, 6.45) is 8.85. The van der Waals surface area contributed by atoms with Crippen LogP contribution < -0.4 is 5.32 Å². The maximum absolute atomic E-state index is 6.19. The molecule has 1 unspecified atom stereocenters. The van der Waals surface area contributed by atoms with Gasteiger partial charge in [0, 0.05) is 22.6 Å². The van der Waals surface area contributed by atoms with Crippen molar-refractivity contribution >= 4 is 22.8 Å². The van der Waals surface area contributed by atoms with Crippen molar-refractivity contribution in [3.8, 4) is 11.3 Å². The van der Waals surface area contributed by atoms with Gasteiger partial charge in [-0.25, -0.2) is 15.0 Å². The smallest absolute Gasteiger partial charge is 0.165 e. The number of piperidine rings is 1. The second-order valence-corrected chi connectivity index (χ2v) is 9.72. The Morgan fingerprint density at radius 3 is 2.35 bits per heavy atom. The SMILES string of the molecule is Clc1ccc(C2(c3ccc(-c4ncnc5c4ncn5C4CCCCO4)cc3)CCNCC2)cc1. The minimum Gasteiger partial charge on any atom is -0.358 e. The third-order valence-electron chi connectivity index (χ3n) is 7.39. The van der Waals surface area contributed by atoms with Gasteiger partial charge in [0.15, 0.2) is 5.65 Å². The van der Waals surface area contributed by atoms with Gasteiger partial charge in [-0.05, 0) is 68.5 Å². The third kappa shape index (κ3) is 3.80. The van der Waals surface area contributed by atoms with Crippen molar-refractivity contribution in [2.45, 2.75) is 43.7 Å². The van der Waals surface area contributed by atoms with Crippen molar-refractivity contribution in [3.05, 3.63) is 77.3 Å². The standard InChI is InChI=1S/C27H28ClN5O/c28-22-10-8-21(9-11-22)27(12-14-29-15-13-27)20-6-4-19(5-7-20)24-25-26(31-17-30-24)33(18-32-25)23-3-1-2-16-34-23/h4-11,17-18,23,29H,1-3,12-16H2. The average Bonchev–Trinajstić information content (AvgIpc) is 3.35. The number of benzene rings is 2. The number of hydrogen-bond acceptors (Lipinski definition) is 5. The van der Waals surface area contributed by atoms with Crippen molar-refractivity contribution in [3.63, 3.8) is 0 Å². The summed E-state index contributed by atoms with van der Waals surface area (Å²) in [6, 6.07) is 17.2. The molecule has 1 N–H and O–H groups in total. The zero-order valence-corrected chi connectivity index (χ0v) is 19.8. The number of fused-ring (bicyclic) bond motifs is 1. The van der Waals surface area contributed by atoms with Gasteiger partial charge >= 0.3 is 0 Å². The number of imidazole rings is 1. The van der Waals surface area contributed by atoms with E-state index in [9.17, 15) is 0 Å². The summed E-state index contributed by atoms with van der Waals surface area (Å²) >= 11 is 6.19. The number of nitrogens with zero attached hydrogens (tertiary/aromatic N) is 4. The predicted octanol–water partition coefficient (Wildman–Crippen LogP) is 5.52. The highest BCUT2D eigenvalue weighted by atomic mass is 35.5. The van der Waals surface area contributed by atoms with Crippen LogP contribution in [0, 0.1) is 0 Å². The van der Waals surface area contributed by atoms with Crippen LogP contribution in [-0.2, 0) is 10.2 Å². The number of ether oxygens (including phenoxy) is 1. The molecular formula is C27H28ClN5O. The fraction of sp³-hybridized carbons (Fsp3) is 0.370. The van der Waals surface area contributed by atoms with Crippen LogP contribution in [0.5, 0.6) is 0 Å². The number of aromatic nitrogens is 4. The van der Waals surface area contributed by atoms with Gasteiger partial charge in [-0.1, -0.05) is 48.0 Å². The van der Waals surface area contributed by atoms with Crippen LogP contribution in [0.15, 0.2) is 61.2 Å². The molecular weight excluding hydrogens is 446 g/mol. The highest BCUT2D eigenvalue weighted by Gasteiger charge is 2.35. The van der Waals surface area contributed by atoms with Gasteiger partial charge in [0.1, 0.15) is 23.8 Å². The molecule has 4 heterocycles. The largest absolute Gasteiger partial charge is 0.358 e. The van der Waals surface area contributed by atoms with Crippen molar-refractivity contribution in [2.24, 2.45) is 0 Å². The number of halogens is 1. The van der Waals surface area contributed by atoms with Crippen LogP contribution in [0.3, 0.4) is 0 Å². The predicted molar refractivity (Wildman–Crippen MR) is 134 cm³/mol. The maximum Gasteiger partial charge on any atom is 0.165 e. The second kappa shape index (κ2) is 9.10. The van der Waals surface area contributed by atoms with Crippen LogP contribution in [0.1, 0.15) is 49.5 Å². The minimum atomic E-state index is -0.0186. The molecule has 7 heteroatoms. The molecule has 6 rings (SSSR count). The molecule has 0 saturated carbocycles. The summed E-state index contributed by atoms with van der Waals surface area (Å²) in [4.78, 5) is 13.8. The Bertz CT molecular complexity index is 1270. The van der Waals surface area contributed by atoms with Crippen LogP contribution in [0.4, 0.5) is 0 Å². The highest BCUT2D eigenvalue weighted by Crippen LogP contribution is 2.41. The quantitative estimate of drug-likeness (QED) is 0.423. The van der Waals surface area contributed by atoms with Gasteiger partial charge in [0.2, 0.25) is 0 Å². The summed E-state index contributed by atoms with van der Waals surface area (Å²) in [5.41, 5.74) is 6.18. The molecule has 0 aliphatic carbocycles. The topological polar surface area (TPSA) is 64.9 Å². The Hall–Kier alpha value is -2.80.